The molecule has 1 N–H and O–H groups in total. The smallest absolute Gasteiger partial charge is 0.251 e. The highest BCUT2D eigenvalue weighted by Crippen LogP contribution is 2.17. The van der Waals surface area contributed by atoms with Crippen molar-refractivity contribution >= 4 is 33.4 Å². The van der Waals surface area contributed by atoms with Crippen molar-refractivity contribution in [1.82, 2.24) is 5.32 Å². The van der Waals surface area contributed by atoms with Gasteiger partial charge in [-0.25, -0.2) is 0 Å². The minimum atomic E-state index is -0.127. The number of hydrogen-bond donors (Lipinski definition) is 1. The summed E-state index contributed by atoms with van der Waals surface area (Å²) in [6.07, 6.45) is 0. The Kier molecular flexibility index (Phi) is 4.61. The lowest BCUT2D eigenvalue weighted by Crippen LogP contribution is -2.26. The fourth-order valence-electron chi connectivity index (χ4n) is 1.74. The van der Waals surface area contributed by atoms with Crippen LogP contribution < -0.4 is 5.32 Å². The van der Waals surface area contributed by atoms with Gasteiger partial charge >= 0.3 is 0 Å². The number of amides is 1. The first-order chi connectivity index (χ1) is 9.06. The van der Waals surface area contributed by atoms with Crippen molar-refractivity contribution in [3.8, 4) is 0 Å². The number of benzene rings is 2. The summed E-state index contributed by atoms with van der Waals surface area (Å²) in [6.45, 7) is 1.95. The van der Waals surface area contributed by atoms with E-state index in [1.54, 1.807) is 24.3 Å². The predicted octanol–water partition coefficient (Wildman–Crippen LogP) is 4.59. The Morgan fingerprint density at radius 3 is 2.53 bits per heavy atom. The monoisotopic (exact) mass is 337 g/mol. The van der Waals surface area contributed by atoms with Gasteiger partial charge in [0.15, 0.2) is 0 Å². The number of rotatable bonds is 3. The fraction of sp³-hybridized carbons (Fsp3) is 0.133. The van der Waals surface area contributed by atoms with E-state index in [0.29, 0.717) is 10.6 Å². The Morgan fingerprint density at radius 1 is 1.21 bits per heavy atom. The zero-order chi connectivity index (χ0) is 13.8. The third-order valence-electron chi connectivity index (χ3n) is 2.80. The van der Waals surface area contributed by atoms with E-state index in [9.17, 15) is 4.79 Å². The molecular weight excluding hydrogens is 326 g/mol. The Morgan fingerprint density at radius 2 is 1.89 bits per heavy atom. The second-order valence-corrected chi connectivity index (χ2v) is 5.61. The topological polar surface area (TPSA) is 29.1 Å². The van der Waals surface area contributed by atoms with Crippen molar-refractivity contribution in [1.29, 1.82) is 0 Å². The maximum absolute atomic E-state index is 12.1. The van der Waals surface area contributed by atoms with Crippen LogP contribution in [0, 0.1) is 0 Å². The van der Waals surface area contributed by atoms with Gasteiger partial charge in [-0.3, -0.25) is 4.79 Å². The van der Waals surface area contributed by atoms with Crippen LogP contribution in [0.25, 0.3) is 0 Å². The van der Waals surface area contributed by atoms with E-state index in [4.69, 9.17) is 11.6 Å². The van der Waals surface area contributed by atoms with Gasteiger partial charge in [0.05, 0.1) is 6.04 Å². The van der Waals surface area contributed by atoms with Gasteiger partial charge in [-0.2, -0.15) is 0 Å². The molecular formula is C15H13BrClNO. The lowest BCUT2D eigenvalue weighted by molar-refractivity contribution is 0.0940. The maximum Gasteiger partial charge on any atom is 0.251 e. The van der Waals surface area contributed by atoms with E-state index in [2.05, 4.69) is 21.2 Å². The molecule has 0 saturated carbocycles. The van der Waals surface area contributed by atoms with Gasteiger partial charge < -0.3 is 5.32 Å². The summed E-state index contributed by atoms with van der Waals surface area (Å²) < 4.78 is 1.02. The molecule has 0 aliphatic carbocycles. The largest absolute Gasteiger partial charge is 0.346 e. The third kappa shape index (κ3) is 3.82. The maximum atomic E-state index is 12.1. The summed E-state index contributed by atoms with van der Waals surface area (Å²) in [5, 5.41) is 3.51. The van der Waals surface area contributed by atoms with Gasteiger partial charge in [-0.15, -0.1) is 0 Å². The molecule has 0 aromatic heterocycles. The quantitative estimate of drug-likeness (QED) is 0.871. The molecule has 1 amide bonds. The zero-order valence-electron chi connectivity index (χ0n) is 10.4. The second-order valence-electron chi connectivity index (χ2n) is 4.26. The van der Waals surface area contributed by atoms with Crippen LogP contribution in [0.5, 0.6) is 0 Å². The molecule has 2 rings (SSSR count). The molecule has 1 unspecified atom stereocenters. The number of carbonyl (C=O) groups excluding carboxylic acids is 1. The van der Waals surface area contributed by atoms with Crippen LogP contribution in [-0.2, 0) is 0 Å². The number of nitrogens with one attached hydrogen (secondary N) is 1. The van der Waals surface area contributed by atoms with Gasteiger partial charge in [0.2, 0.25) is 0 Å². The van der Waals surface area contributed by atoms with E-state index in [1.165, 1.54) is 0 Å². The number of carbonyl (C=O) groups is 1. The first-order valence-electron chi connectivity index (χ1n) is 5.88. The van der Waals surface area contributed by atoms with Crippen LogP contribution in [0.15, 0.2) is 53.0 Å². The molecule has 0 radical (unpaired) electrons. The SMILES string of the molecule is CC(NC(=O)c1cccc(Cl)c1)c1ccc(Br)cc1. The van der Waals surface area contributed by atoms with Crippen LogP contribution >= 0.6 is 27.5 Å². The number of hydrogen-bond acceptors (Lipinski definition) is 1. The number of halogens is 2. The van der Waals surface area contributed by atoms with Gasteiger partial charge in [0.25, 0.3) is 5.91 Å². The van der Waals surface area contributed by atoms with E-state index >= 15 is 0 Å². The molecule has 2 nitrogen and oxygen atoms in total. The minimum absolute atomic E-state index is 0.0559. The predicted molar refractivity (Wildman–Crippen MR) is 81.5 cm³/mol. The second kappa shape index (κ2) is 6.22. The summed E-state index contributed by atoms with van der Waals surface area (Å²) >= 11 is 9.26. The molecule has 1 atom stereocenters. The molecule has 0 aliphatic heterocycles. The van der Waals surface area contributed by atoms with Crippen molar-refractivity contribution < 1.29 is 4.79 Å². The van der Waals surface area contributed by atoms with Crippen molar-refractivity contribution in [3.63, 3.8) is 0 Å². The summed E-state index contributed by atoms with van der Waals surface area (Å²) in [4.78, 5) is 12.1. The standard InChI is InChI=1S/C15H13BrClNO/c1-10(11-5-7-13(16)8-6-11)18-15(19)12-3-2-4-14(17)9-12/h2-10H,1H3,(H,18,19). The summed E-state index contributed by atoms with van der Waals surface area (Å²) in [5.74, 6) is -0.127. The molecule has 2 aromatic rings. The van der Waals surface area contributed by atoms with Crippen LogP contribution in [-0.4, -0.2) is 5.91 Å². The third-order valence-corrected chi connectivity index (χ3v) is 3.57. The summed E-state index contributed by atoms with van der Waals surface area (Å²) in [5.41, 5.74) is 1.62. The molecule has 0 aliphatic rings. The molecule has 0 spiro atoms. The minimum Gasteiger partial charge on any atom is -0.346 e. The van der Waals surface area contributed by atoms with Crippen LogP contribution in [0.4, 0.5) is 0 Å². The van der Waals surface area contributed by atoms with Crippen LogP contribution in [0.2, 0.25) is 5.02 Å². The highest BCUT2D eigenvalue weighted by Gasteiger charge is 2.11. The lowest BCUT2D eigenvalue weighted by atomic mass is 10.1. The molecule has 98 valence electrons. The lowest BCUT2D eigenvalue weighted by Gasteiger charge is -2.14. The Labute approximate surface area is 125 Å². The normalized spacial score (nSPS) is 11.9. The summed E-state index contributed by atoms with van der Waals surface area (Å²) in [7, 11) is 0. The van der Waals surface area contributed by atoms with Gasteiger partial charge in [-0.1, -0.05) is 45.7 Å². The van der Waals surface area contributed by atoms with Crippen molar-refractivity contribution in [3.05, 3.63) is 69.2 Å². The Balaban J connectivity index is 2.08. The van der Waals surface area contributed by atoms with Crippen molar-refractivity contribution in [2.45, 2.75) is 13.0 Å². The molecule has 19 heavy (non-hydrogen) atoms. The van der Waals surface area contributed by atoms with Crippen molar-refractivity contribution in [2.75, 3.05) is 0 Å². The fourth-order valence-corrected chi connectivity index (χ4v) is 2.20. The summed E-state index contributed by atoms with van der Waals surface area (Å²) in [6, 6.07) is 14.7. The molecule has 4 heteroatoms. The Bertz CT molecular complexity index is 583. The van der Waals surface area contributed by atoms with Gasteiger partial charge in [-0.05, 0) is 42.8 Å². The Hall–Kier alpha value is -1.32. The van der Waals surface area contributed by atoms with E-state index < -0.39 is 0 Å². The highest BCUT2D eigenvalue weighted by molar-refractivity contribution is 9.10. The van der Waals surface area contributed by atoms with Gasteiger partial charge in [0, 0.05) is 15.1 Å². The van der Waals surface area contributed by atoms with Crippen LogP contribution in [0.1, 0.15) is 28.9 Å². The van der Waals surface area contributed by atoms with E-state index in [0.717, 1.165) is 10.0 Å². The van der Waals surface area contributed by atoms with E-state index in [-0.39, 0.29) is 11.9 Å². The first-order valence-corrected chi connectivity index (χ1v) is 7.05. The van der Waals surface area contributed by atoms with E-state index in [1.807, 2.05) is 31.2 Å². The molecule has 0 saturated heterocycles. The molecule has 0 heterocycles. The highest BCUT2D eigenvalue weighted by atomic mass is 79.9. The molecule has 0 bridgehead atoms. The molecule has 2 aromatic carbocycles. The molecule has 0 fully saturated rings. The zero-order valence-corrected chi connectivity index (χ0v) is 12.7. The van der Waals surface area contributed by atoms with Gasteiger partial charge in [0.1, 0.15) is 0 Å². The van der Waals surface area contributed by atoms with Crippen molar-refractivity contribution in [2.24, 2.45) is 0 Å². The average molecular weight is 339 g/mol. The average Bonchev–Trinajstić information content (AvgIpc) is 2.39. The van der Waals surface area contributed by atoms with Crippen LogP contribution in [0.3, 0.4) is 0 Å². The first kappa shape index (κ1) is 14.1.